The molecule has 3 nitrogen and oxygen atoms in total. The summed E-state index contributed by atoms with van der Waals surface area (Å²) >= 11 is 1.69. The minimum atomic E-state index is 0.0242. The van der Waals surface area contributed by atoms with E-state index in [0.29, 0.717) is 6.61 Å². The van der Waals surface area contributed by atoms with Gasteiger partial charge in [-0.3, -0.25) is 0 Å². The number of hydrogen-bond acceptors (Lipinski definition) is 4. The van der Waals surface area contributed by atoms with Crippen LogP contribution in [0.4, 0.5) is 0 Å². The molecule has 1 atom stereocenters. The van der Waals surface area contributed by atoms with Crippen LogP contribution in [0.25, 0.3) is 10.2 Å². The van der Waals surface area contributed by atoms with Crippen LogP contribution >= 0.6 is 11.3 Å². The minimum Gasteiger partial charge on any atom is -0.238 e. The first-order valence-electron chi connectivity index (χ1n) is 5.07. The molecule has 2 aromatic rings. The highest BCUT2D eigenvalue weighted by Crippen LogP contribution is 2.32. The molecule has 15 heavy (non-hydrogen) atoms. The molecule has 0 aliphatic carbocycles. The van der Waals surface area contributed by atoms with E-state index in [1.807, 2.05) is 18.2 Å². The van der Waals surface area contributed by atoms with Gasteiger partial charge in [-0.1, -0.05) is 12.1 Å². The van der Waals surface area contributed by atoms with Gasteiger partial charge in [-0.05, 0) is 25.0 Å². The molecule has 1 aliphatic rings. The number of benzene rings is 1. The third-order valence-corrected chi connectivity index (χ3v) is 3.59. The summed E-state index contributed by atoms with van der Waals surface area (Å²) in [6.45, 7) is 0.696. The molecular weight excluding hydrogens is 210 g/mol. The third-order valence-electron chi connectivity index (χ3n) is 2.46. The first-order chi connectivity index (χ1) is 7.43. The number of fused-ring (bicyclic) bond motifs is 1. The Morgan fingerprint density at radius 1 is 1.33 bits per heavy atom. The summed E-state index contributed by atoms with van der Waals surface area (Å²) in [4.78, 5) is 14.8. The molecule has 1 fully saturated rings. The monoisotopic (exact) mass is 221 g/mol. The van der Waals surface area contributed by atoms with Crippen molar-refractivity contribution in [1.29, 1.82) is 0 Å². The number of aromatic nitrogens is 1. The molecule has 0 bridgehead atoms. The predicted molar refractivity (Wildman–Crippen MR) is 58.6 cm³/mol. The molecule has 0 radical (unpaired) electrons. The lowest BCUT2D eigenvalue weighted by molar-refractivity contribution is -0.347. The zero-order valence-corrected chi connectivity index (χ0v) is 9.00. The van der Waals surface area contributed by atoms with Crippen LogP contribution in [-0.4, -0.2) is 11.6 Å². The zero-order chi connectivity index (χ0) is 10.1. The Morgan fingerprint density at radius 2 is 2.27 bits per heavy atom. The summed E-state index contributed by atoms with van der Waals surface area (Å²) in [5.74, 6) is 0. The third kappa shape index (κ3) is 1.76. The number of thiazole rings is 1. The molecular formula is C11H11NO2S. The van der Waals surface area contributed by atoms with E-state index in [0.717, 1.165) is 23.4 Å². The molecule has 1 aromatic heterocycles. The Hall–Kier alpha value is -0.970. The Labute approximate surface area is 91.6 Å². The zero-order valence-electron chi connectivity index (χ0n) is 8.18. The summed E-state index contributed by atoms with van der Waals surface area (Å²) in [7, 11) is 0. The highest BCUT2D eigenvalue weighted by Gasteiger charge is 2.21. The van der Waals surface area contributed by atoms with Gasteiger partial charge in [0.25, 0.3) is 0 Å². The number of nitrogens with zero attached hydrogens (tertiary/aromatic N) is 1. The summed E-state index contributed by atoms with van der Waals surface area (Å²) in [6, 6.07) is 8.14. The molecule has 78 valence electrons. The van der Waals surface area contributed by atoms with E-state index in [2.05, 4.69) is 11.1 Å². The van der Waals surface area contributed by atoms with Gasteiger partial charge in [0.1, 0.15) is 11.1 Å². The average Bonchev–Trinajstić information content (AvgIpc) is 2.74. The topological polar surface area (TPSA) is 31.4 Å². The molecule has 2 heterocycles. The lowest BCUT2D eigenvalue weighted by atomic mass is 10.2. The van der Waals surface area contributed by atoms with Crippen molar-refractivity contribution in [3.05, 3.63) is 29.3 Å². The standard InChI is InChI=1S/C11H11NO2S/c1-2-6-10-8(4-1)12-11(15-10)9-5-3-7-13-14-9/h1-2,4,6,9H,3,5,7H2. The van der Waals surface area contributed by atoms with E-state index in [4.69, 9.17) is 9.78 Å². The van der Waals surface area contributed by atoms with Crippen LogP contribution in [-0.2, 0) is 9.78 Å². The molecule has 0 N–H and O–H groups in total. The number of rotatable bonds is 1. The fourth-order valence-corrected chi connectivity index (χ4v) is 2.72. The summed E-state index contributed by atoms with van der Waals surface area (Å²) in [5, 5.41) is 1.02. The number of hydrogen-bond donors (Lipinski definition) is 0. The second kappa shape index (κ2) is 3.89. The van der Waals surface area contributed by atoms with Crippen molar-refractivity contribution in [3.63, 3.8) is 0 Å². The molecule has 3 rings (SSSR count). The maximum atomic E-state index is 5.24. The Morgan fingerprint density at radius 3 is 3.07 bits per heavy atom. The second-order valence-corrected chi connectivity index (χ2v) is 4.63. The SMILES string of the molecule is c1ccc2sc(C3CCCOO3)nc2c1. The van der Waals surface area contributed by atoms with Crippen molar-refractivity contribution in [3.8, 4) is 0 Å². The van der Waals surface area contributed by atoms with Crippen LogP contribution in [0.3, 0.4) is 0 Å². The van der Waals surface area contributed by atoms with E-state index in [9.17, 15) is 0 Å². The van der Waals surface area contributed by atoms with Crippen LogP contribution in [0.2, 0.25) is 0 Å². The van der Waals surface area contributed by atoms with Gasteiger partial charge in [0.15, 0.2) is 0 Å². The van der Waals surface area contributed by atoms with Crippen LogP contribution < -0.4 is 0 Å². The molecule has 0 amide bonds. The van der Waals surface area contributed by atoms with Crippen molar-refractivity contribution in [2.45, 2.75) is 18.9 Å². The molecule has 1 saturated heterocycles. The van der Waals surface area contributed by atoms with Gasteiger partial charge in [-0.15, -0.1) is 11.3 Å². The maximum absolute atomic E-state index is 5.24. The molecule has 0 saturated carbocycles. The van der Waals surface area contributed by atoms with Crippen LogP contribution in [0.1, 0.15) is 24.0 Å². The van der Waals surface area contributed by atoms with Crippen LogP contribution in [0, 0.1) is 0 Å². The first-order valence-corrected chi connectivity index (χ1v) is 5.89. The van der Waals surface area contributed by atoms with Crippen molar-refractivity contribution in [2.75, 3.05) is 6.61 Å². The van der Waals surface area contributed by atoms with E-state index < -0.39 is 0 Å². The molecule has 1 aromatic carbocycles. The minimum absolute atomic E-state index is 0.0242. The second-order valence-electron chi connectivity index (χ2n) is 3.57. The van der Waals surface area contributed by atoms with Gasteiger partial charge < -0.3 is 0 Å². The highest BCUT2D eigenvalue weighted by molar-refractivity contribution is 7.18. The van der Waals surface area contributed by atoms with Gasteiger partial charge in [0.2, 0.25) is 0 Å². The van der Waals surface area contributed by atoms with E-state index in [1.165, 1.54) is 4.70 Å². The van der Waals surface area contributed by atoms with Gasteiger partial charge in [-0.25, -0.2) is 14.8 Å². The Kier molecular flexibility index (Phi) is 2.40. The largest absolute Gasteiger partial charge is 0.238 e. The quantitative estimate of drug-likeness (QED) is 0.693. The predicted octanol–water partition coefficient (Wildman–Crippen LogP) is 3.08. The lowest BCUT2D eigenvalue weighted by Crippen LogP contribution is -2.12. The van der Waals surface area contributed by atoms with Crippen molar-refractivity contribution in [1.82, 2.24) is 4.98 Å². The average molecular weight is 221 g/mol. The summed E-state index contributed by atoms with van der Waals surface area (Å²) < 4.78 is 1.21. The molecule has 0 spiro atoms. The number of para-hydroxylation sites is 1. The fourth-order valence-electron chi connectivity index (χ4n) is 1.70. The van der Waals surface area contributed by atoms with Crippen LogP contribution in [0.15, 0.2) is 24.3 Å². The van der Waals surface area contributed by atoms with Gasteiger partial charge in [-0.2, -0.15) is 0 Å². The van der Waals surface area contributed by atoms with E-state index in [1.54, 1.807) is 11.3 Å². The summed E-state index contributed by atoms with van der Waals surface area (Å²) in [5.41, 5.74) is 1.05. The van der Waals surface area contributed by atoms with Gasteiger partial charge in [0.05, 0.1) is 16.8 Å². The highest BCUT2D eigenvalue weighted by atomic mass is 32.1. The molecule has 1 aliphatic heterocycles. The van der Waals surface area contributed by atoms with Crippen molar-refractivity contribution < 1.29 is 9.78 Å². The van der Waals surface area contributed by atoms with Crippen molar-refractivity contribution in [2.24, 2.45) is 0 Å². The normalized spacial score (nSPS) is 22.0. The van der Waals surface area contributed by atoms with Gasteiger partial charge >= 0.3 is 0 Å². The maximum Gasteiger partial charge on any atom is 0.144 e. The fraction of sp³-hybridized carbons (Fsp3) is 0.364. The van der Waals surface area contributed by atoms with Crippen LogP contribution in [0.5, 0.6) is 0 Å². The van der Waals surface area contributed by atoms with Gasteiger partial charge in [0, 0.05) is 0 Å². The lowest BCUT2D eigenvalue weighted by Gasteiger charge is -2.18. The Bertz CT molecular complexity index is 429. The van der Waals surface area contributed by atoms with E-state index in [-0.39, 0.29) is 6.10 Å². The molecule has 1 unspecified atom stereocenters. The molecule has 4 heteroatoms. The van der Waals surface area contributed by atoms with Crippen molar-refractivity contribution >= 4 is 21.6 Å². The smallest absolute Gasteiger partial charge is 0.144 e. The Balaban J connectivity index is 1.96. The summed E-state index contributed by atoms with van der Waals surface area (Å²) in [6.07, 6.45) is 2.07. The van der Waals surface area contributed by atoms with E-state index >= 15 is 0 Å². The first kappa shape index (κ1) is 9.27.